The highest BCUT2D eigenvalue weighted by Gasteiger charge is 2.05. The van der Waals surface area contributed by atoms with Crippen LogP contribution in [-0.4, -0.2) is 27.1 Å². The fourth-order valence-electron chi connectivity index (χ4n) is 2.50. The highest BCUT2D eigenvalue weighted by molar-refractivity contribution is 6.42. The number of nitrogens with one attached hydrogen (secondary N) is 2. The van der Waals surface area contributed by atoms with Gasteiger partial charge in [0, 0.05) is 31.4 Å². The summed E-state index contributed by atoms with van der Waals surface area (Å²) in [5.74, 6) is 0.803. The number of nitrogens with zero attached hydrogens (tertiary/aromatic N) is 3. The zero-order valence-corrected chi connectivity index (χ0v) is 16.3. The number of hydrogen-bond acceptors (Lipinski definition) is 3. The quantitative estimate of drug-likeness (QED) is 0.654. The Morgan fingerprint density at radius 3 is 2.74 bits per heavy atom. The minimum absolute atomic E-state index is 0.248. The standard InChI is InChI=1S/C19H19Cl2N5O/c1-13-11-26(12-24-13)18-4-2-3-15(25-18)7-8-22-19(27)23-10-14-5-6-16(20)17(21)9-14/h2-6,9,11-12H,7-8,10H2,1H3,(H2,22,23,27). The molecule has 0 bridgehead atoms. The Kier molecular flexibility index (Phi) is 6.32. The highest BCUT2D eigenvalue weighted by atomic mass is 35.5. The van der Waals surface area contributed by atoms with Crippen molar-refractivity contribution in [3.63, 3.8) is 0 Å². The smallest absolute Gasteiger partial charge is 0.315 e. The molecule has 0 aliphatic heterocycles. The van der Waals surface area contributed by atoms with Gasteiger partial charge in [0.2, 0.25) is 0 Å². The molecule has 3 rings (SSSR count). The van der Waals surface area contributed by atoms with Crippen LogP contribution in [0.25, 0.3) is 5.82 Å². The molecule has 3 aromatic rings. The Bertz CT molecular complexity index is 941. The van der Waals surface area contributed by atoms with E-state index in [0.29, 0.717) is 29.6 Å². The van der Waals surface area contributed by atoms with Crippen LogP contribution < -0.4 is 10.6 Å². The van der Waals surface area contributed by atoms with E-state index in [9.17, 15) is 4.79 Å². The van der Waals surface area contributed by atoms with Crippen molar-refractivity contribution in [2.45, 2.75) is 19.9 Å². The summed E-state index contributed by atoms with van der Waals surface area (Å²) >= 11 is 11.8. The van der Waals surface area contributed by atoms with Crippen LogP contribution in [0.15, 0.2) is 48.9 Å². The van der Waals surface area contributed by atoms with Crippen LogP contribution >= 0.6 is 23.2 Å². The molecule has 0 fully saturated rings. The summed E-state index contributed by atoms with van der Waals surface area (Å²) in [6, 6.07) is 10.8. The van der Waals surface area contributed by atoms with Gasteiger partial charge in [0.05, 0.1) is 15.7 Å². The first kappa shape index (κ1) is 19.2. The summed E-state index contributed by atoms with van der Waals surface area (Å²) in [5, 5.41) is 6.57. The molecule has 0 aliphatic rings. The van der Waals surface area contributed by atoms with Crippen LogP contribution in [0.5, 0.6) is 0 Å². The molecule has 0 spiro atoms. The number of benzene rings is 1. The van der Waals surface area contributed by atoms with Crippen LogP contribution in [0.4, 0.5) is 4.79 Å². The first-order valence-corrected chi connectivity index (χ1v) is 9.19. The third-order valence-corrected chi connectivity index (χ3v) is 4.61. The Balaban J connectivity index is 1.46. The fourth-order valence-corrected chi connectivity index (χ4v) is 2.82. The lowest BCUT2D eigenvalue weighted by atomic mass is 10.2. The number of carbonyl (C=O) groups excluding carboxylic acids is 1. The molecule has 0 saturated carbocycles. The largest absolute Gasteiger partial charge is 0.338 e. The first-order chi connectivity index (χ1) is 13.0. The number of aromatic nitrogens is 3. The lowest BCUT2D eigenvalue weighted by molar-refractivity contribution is 0.240. The molecule has 0 unspecified atom stereocenters. The number of rotatable bonds is 6. The minimum atomic E-state index is -0.248. The van der Waals surface area contributed by atoms with E-state index in [1.165, 1.54) is 0 Å². The maximum absolute atomic E-state index is 11.9. The average molecular weight is 404 g/mol. The van der Waals surface area contributed by atoms with Gasteiger partial charge in [-0.2, -0.15) is 0 Å². The number of amides is 2. The number of aryl methyl sites for hydroxylation is 1. The van der Waals surface area contributed by atoms with E-state index in [-0.39, 0.29) is 6.03 Å². The van der Waals surface area contributed by atoms with Gasteiger partial charge in [-0.1, -0.05) is 35.3 Å². The number of pyridine rings is 1. The second kappa shape index (κ2) is 8.88. The van der Waals surface area contributed by atoms with Crippen LogP contribution in [0.2, 0.25) is 10.0 Å². The van der Waals surface area contributed by atoms with Crippen molar-refractivity contribution in [2.75, 3.05) is 6.54 Å². The van der Waals surface area contributed by atoms with Gasteiger partial charge < -0.3 is 10.6 Å². The van der Waals surface area contributed by atoms with Gasteiger partial charge in [0.15, 0.2) is 0 Å². The summed E-state index contributed by atoms with van der Waals surface area (Å²) in [7, 11) is 0. The van der Waals surface area contributed by atoms with Crippen molar-refractivity contribution in [1.29, 1.82) is 0 Å². The summed E-state index contributed by atoms with van der Waals surface area (Å²) in [5.41, 5.74) is 2.70. The summed E-state index contributed by atoms with van der Waals surface area (Å²) in [6.07, 6.45) is 4.28. The third-order valence-electron chi connectivity index (χ3n) is 3.87. The predicted molar refractivity (Wildman–Crippen MR) is 107 cm³/mol. The zero-order valence-electron chi connectivity index (χ0n) is 14.7. The normalized spacial score (nSPS) is 10.6. The van der Waals surface area contributed by atoms with Gasteiger partial charge >= 0.3 is 6.03 Å². The summed E-state index contributed by atoms with van der Waals surface area (Å²) < 4.78 is 1.87. The molecule has 0 aliphatic carbocycles. The lowest BCUT2D eigenvalue weighted by Gasteiger charge is -2.09. The van der Waals surface area contributed by atoms with E-state index in [4.69, 9.17) is 23.2 Å². The summed E-state index contributed by atoms with van der Waals surface area (Å²) in [4.78, 5) is 20.7. The number of hydrogen-bond donors (Lipinski definition) is 2. The molecule has 2 aromatic heterocycles. The maximum atomic E-state index is 11.9. The Labute approximate surface area is 167 Å². The molecule has 0 atom stereocenters. The second-order valence-electron chi connectivity index (χ2n) is 6.02. The van der Waals surface area contributed by atoms with Gasteiger partial charge in [-0.25, -0.2) is 14.8 Å². The Morgan fingerprint density at radius 1 is 1.15 bits per heavy atom. The summed E-state index contributed by atoms with van der Waals surface area (Å²) in [6.45, 7) is 2.78. The third kappa shape index (κ3) is 5.45. The van der Waals surface area contributed by atoms with Crippen molar-refractivity contribution in [3.8, 4) is 5.82 Å². The van der Waals surface area contributed by atoms with E-state index in [2.05, 4.69) is 20.6 Å². The number of carbonyl (C=O) groups is 1. The van der Waals surface area contributed by atoms with Crippen LogP contribution in [0.1, 0.15) is 17.0 Å². The van der Waals surface area contributed by atoms with Gasteiger partial charge in [-0.3, -0.25) is 4.57 Å². The molecule has 140 valence electrons. The topological polar surface area (TPSA) is 71.8 Å². The van der Waals surface area contributed by atoms with Crippen LogP contribution in [-0.2, 0) is 13.0 Å². The van der Waals surface area contributed by atoms with Crippen molar-refractivity contribution in [1.82, 2.24) is 25.2 Å². The molecule has 8 heteroatoms. The number of imidazole rings is 1. The monoisotopic (exact) mass is 403 g/mol. The molecule has 2 amide bonds. The van der Waals surface area contributed by atoms with E-state index in [1.54, 1.807) is 18.5 Å². The number of urea groups is 1. The number of halogens is 2. The van der Waals surface area contributed by atoms with Crippen LogP contribution in [0, 0.1) is 6.92 Å². The van der Waals surface area contributed by atoms with Gasteiger partial charge in [0.1, 0.15) is 12.1 Å². The van der Waals surface area contributed by atoms with Crippen LogP contribution in [0.3, 0.4) is 0 Å². The van der Waals surface area contributed by atoms with Gasteiger partial charge in [0.25, 0.3) is 0 Å². The highest BCUT2D eigenvalue weighted by Crippen LogP contribution is 2.22. The van der Waals surface area contributed by atoms with E-state index >= 15 is 0 Å². The maximum Gasteiger partial charge on any atom is 0.315 e. The predicted octanol–water partition coefficient (Wildman–Crippen LogP) is 3.92. The zero-order chi connectivity index (χ0) is 19.2. The minimum Gasteiger partial charge on any atom is -0.338 e. The molecule has 2 heterocycles. The molecule has 6 nitrogen and oxygen atoms in total. The first-order valence-electron chi connectivity index (χ1n) is 8.44. The molecule has 2 N–H and O–H groups in total. The molecular formula is C19H19Cl2N5O. The molecule has 27 heavy (non-hydrogen) atoms. The molecule has 0 radical (unpaired) electrons. The second-order valence-corrected chi connectivity index (χ2v) is 6.83. The Morgan fingerprint density at radius 2 is 2.00 bits per heavy atom. The SMILES string of the molecule is Cc1cn(-c2cccc(CCNC(=O)NCc3ccc(Cl)c(Cl)c3)n2)cn1. The van der Waals surface area contributed by atoms with Crippen molar-refractivity contribution < 1.29 is 4.79 Å². The van der Waals surface area contributed by atoms with Gasteiger partial charge in [-0.05, 0) is 36.8 Å². The average Bonchev–Trinajstić information content (AvgIpc) is 3.09. The van der Waals surface area contributed by atoms with Crippen molar-refractivity contribution in [2.24, 2.45) is 0 Å². The lowest BCUT2D eigenvalue weighted by Crippen LogP contribution is -2.36. The van der Waals surface area contributed by atoms with E-state index in [0.717, 1.165) is 22.8 Å². The van der Waals surface area contributed by atoms with E-state index < -0.39 is 0 Å². The molecule has 1 aromatic carbocycles. The van der Waals surface area contributed by atoms with Crippen molar-refractivity contribution in [3.05, 3.63) is 75.9 Å². The molecule has 0 saturated heterocycles. The fraction of sp³-hybridized carbons (Fsp3) is 0.211. The van der Waals surface area contributed by atoms with Crippen molar-refractivity contribution >= 4 is 29.2 Å². The molecular weight excluding hydrogens is 385 g/mol. The van der Waals surface area contributed by atoms with E-state index in [1.807, 2.05) is 42.0 Å². The van der Waals surface area contributed by atoms with Gasteiger partial charge in [-0.15, -0.1) is 0 Å². The Hall–Kier alpha value is -2.57.